The van der Waals surface area contributed by atoms with E-state index in [0.717, 1.165) is 28.3 Å². The second kappa shape index (κ2) is 7.15. The van der Waals surface area contributed by atoms with Gasteiger partial charge in [-0.2, -0.15) is 16.9 Å². The van der Waals surface area contributed by atoms with Crippen molar-refractivity contribution < 1.29 is 9.59 Å². The van der Waals surface area contributed by atoms with Crippen molar-refractivity contribution in [2.45, 2.75) is 50.8 Å². The van der Waals surface area contributed by atoms with Crippen LogP contribution in [0, 0.1) is 0 Å². The Balaban J connectivity index is 1.75. The van der Waals surface area contributed by atoms with Crippen molar-refractivity contribution in [2.24, 2.45) is 0 Å². The van der Waals surface area contributed by atoms with Crippen molar-refractivity contribution in [3.05, 3.63) is 47.2 Å². The molecule has 26 heavy (non-hydrogen) atoms. The summed E-state index contributed by atoms with van der Waals surface area (Å²) in [5, 5.41) is 10.2. The summed E-state index contributed by atoms with van der Waals surface area (Å²) >= 11 is 1.76. The second-order valence-electron chi connectivity index (χ2n) is 7.41. The van der Waals surface area contributed by atoms with E-state index >= 15 is 0 Å². The number of benzene rings is 1. The standard InChI is InChI=1S/C19H24N4O2S/c1-12(13-8-6-5-7-9-13)20-17(24)18(25)21-16-14-10-26-11-15(14)22-23(16)19(2,3)4/h5-9,12H,10-11H2,1-4H3,(H,20,24)(H,21,25). The first-order valence-corrected chi connectivity index (χ1v) is 9.78. The average Bonchev–Trinajstić information content (AvgIpc) is 3.17. The van der Waals surface area contributed by atoms with Crippen molar-refractivity contribution in [3.8, 4) is 0 Å². The molecule has 0 saturated heterocycles. The van der Waals surface area contributed by atoms with Crippen LogP contribution in [0.2, 0.25) is 0 Å². The third kappa shape index (κ3) is 3.77. The Hall–Kier alpha value is -2.28. The molecule has 1 aliphatic rings. The Bertz CT molecular complexity index is 824. The van der Waals surface area contributed by atoms with E-state index in [1.807, 2.05) is 62.7 Å². The molecule has 3 rings (SSSR count). The monoisotopic (exact) mass is 372 g/mol. The maximum Gasteiger partial charge on any atom is 0.314 e. The highest BCUT2D eigenvalue weighted by Crippen LogP contribution is 2.37. The van der Waals surface area contributed by atoms with Crippen LogP contribution >= 0.6 is 11.8 Å². The number of aromatic nitrogens is 2. The number of hydrogen-bond donors (Lipinski definition) is 2. The van der Waals surface area contributed by atoms with Gasteiger partial charge in [-0.25, -0.2) is 4.68 Å². The van der Waals surface area contributed by atoms with Crippen molar-refractivity contribution in [1.82, 2.24) is 15.1 Å². The largest absolute Gasteiger partial charge is 0.341 e. The Labute approximate surface area is 157 Å². The van der Waals surface area contributed by atoms with Gasteiger partial charge >= 0.3 is 11.8 Å². The summed E-state index contributed by atoms with van der Waals surface area (Å²) in [7, 11) is 0. The summed E-state index contributed by atoms with van der Waals surface area (Å²) < 4.78 is 1.81. The fraction of sp³-hybridized carbons (Fsp3) is 0.421. The van der Waals surface area contributed by atoms with Crippen LogP contribution in [0.5, 0.6) is 0 Å². The van der Waals surface area contributed by atoms with Crippen LogP contribution in [-0.4, -0.2) is 21.6 Å². The van der Waals surface area contributed by atoms with E-state index in [4.69, 9.17) is 0 Å². The molecule has 2 aromatic rings. The van der Waals surface area contributed by atoms with Gasteiger partial charge in [0.15, 0.2) is 0 Å². The molecule has 0 radical (unpaired) electrons. The minimum atomic E-state index is -0.669. The van der Waals surface area contributed by atoms with Gasteiger partial charge in [-0.05, 0) is 33.3 Å². The molecule has 0 aliphatic carbocycles. The highest BCUT2D eigenvalue weighted by molar-refractivity contribution is 7.98. The molecule has 1 aromatic carbocycles. The lowest BCUT2D eigenvalue weighted by molar-refractivity contribution is -0.136. The number of rotatable bonds is 3. The topological polar surface area (TPSA) is 76.0 Å². The third-order valence-corrected chi connectivity index (χ3v) is 5.24. The van der Waals surface area contributed by atoms with Crippen molar-refractivity contribution >= 4 is 29.4 Å². The van der Waals surface area contributed by atoms with Gasteiger partial charge in [-0.3, -0.25) is 9.59 Å². The molecule has 0 bridgehead atoms. The molecule has 0 saturated carbocycles. The van der Waals surface area contributed by atoms with E-state index in [2.05, 4.69) is 15.7 Å². The van der Waals surface area contributed by atoms with Crippen LogP contribution in [0.3, 0.4) is 0 Å². The predicted molar refractivity (Wildman–Crippen MR) is 104 cm³/mol. The van der Waals surface area contributed by atoms with Crippen molar-refractivity contribution in [3.63, 3.8) is 0 Å². The van der Waals surface area contributed by atoms with E-state index in [9.17, 15) is 9.59 Å². The van der Waals surface area contributed by atoms with E-state index in [0.29, 0.717) is 5.82 Å². The molecule has 138 valence electrons. The second-order valence-corrected chi connectivity index (χ2v) is 8.39. The van der Waals surface area contributed by atoms with Gasteiger partial charge in [0.2, 0.25) is 0 Å². The van der Waals surface area contributed by atoms with Gasteiger partial charge in [0.05, 0.1) is 17.3 Å². The lowest BCUT2D eigenvalue weighted by Crippen LogP contribution is -2.38. The lowest BCUT2D eigenvalue weighted by Gasteiger charge is -2.23. The fourth-order valence-corrected chi connectivity index (χ4v) is 3.91. The van der Waals surface area contributed by atoms with Crippen LogP contribution in [0.1, 0.15) is 50.6 Å². The zero-order chi connectivity index (χ0) is 18.9. The number of amides is 2. The Morgan fingerprint density at radius 1 is 1.15 bits per heavy atom. The number of nitrogens with zero attached hydrogens (tertiary/aromatic N) is 2. The number of carbonyl (C=O) groups excluding carboxylic acids is 2. The molecule has 1 unspecified atom stereocenters. The number of carbonyl (C=O) groups is 2. The van der Waals surface area contributed by atoms with Gasteiger partial charge in [0.25, 0.3) is 0 Å². The van der Waals surface area contributed by atoms with Crippen LogP contribution in [0.4, 0.5) is 5.82 Å². The highest BCUT2D eigenvalue weighted by atomic mass is 32.2. The summed E-state index contributed by atoms with van der Waals surface area (Å²) in [6, 6.07) is 9.31. The number of thioether (sulfide) groups is 1. The molecule has 1 aliphatic heterocycles. The van der Waals surface area contributed by atoms with Gasteiger partial charge in [0.1, 0.15) is 5.82 Å². The average molecular weight is 372 g/mol. The first-order chi connectivity index (χ1) is 12.3. The van der Waals surface area contributed by atoms with E-state index in [-0.39, 0.29) is 11.6 Å². The minimum absolute atomic E-state index is 0.247. The highest BCUT2D eigenvalue weighted by Gasteiger charge is 2.30. The quantitative estimate of drug-likeness (QED) is 0.811. The van der Waals surface area contributed by atoms with Crippen LogP contribution in [0.25, 0.3) is 0 Å². The summed E-state index contributed by atoms with van der Waals surface area (Å²) in [6.45, 7) is 7.93. The Morgan fingerprint density at radius 2 is 1.85 bits per heavy atom. The number of anilines is 1. The zero-order valence-corrected chi connectivity index (χ0v) is 16.3. The molecular formula is C19H24N4O2S. The predicted octanol–water partition coefficient (Wildman–Crippen LogP) is 3.20. The van der Waals surface area contributed by atoms with E-state index in [1.165, 1.54) is 0 Å². The molecule has 1 atom stereocenters. The fourth-order valence-electron chi connectivity index (χ4n) is 2.88. The summed E-state index contributed by atoms with van der Waals surface area (Å²) in [6.07, 6.45) is 0. The first kappa shape index (κ1) is 18.5. The van der Waals surface area contributed by atoms with Gasteiger partial charge < -0.3 is 10.6 Å². The first-order valence-electron chi connectivity index (χ1n) is 8.63. The molecule has 2 amide bonds. The smallest absolute Gasteiger partial charge is 0.314 e. The number of hydrogen-bond acceptors (Lipinski definition) is 4. The molecule has 0 fully saturated rings. The van der Waals surface area contributed by atoms with Crippen LogP contribution in [0.15, 0.2) is 30.3 Å². The third-order valence-electron chi connectivity index (χ3n) is 4.27. The zero-order valence-electron chi connectivity index (χ0n) is 15.5. The Morgan fingerprint density at radius 3 is 2.50 bits per heavy atom. The number of nitrogens with one attached hydrogen (secondary N) is 2. The molecule has 6 nitrogen and oxygen atoms in total. The van der Waals surface area contributed by atoms with Gasteiger partial charge in [-0.1, -0.05) is 30.3 Å². The lowest BCUT2D eigenvalue weighted by atomic mass is 10.1. The van der Waals surface area contributed by atoms with Crippen LogP contribution < -0.4 is 10.6 Å². The maximum atomic E-state index is 12.5. The Kier molecular flexibility index (Phi) is 5.09. The van der Waals surface area contributed by atoms with Gasteiger partial charge in [-0.15, -0.1) is 0 Å². The van der Waals surface area contributed by atoms with E-state index < -0.39 is 11.8 Å². The van der Waals surface area contributed by atoms with Crippen molar-refractivity contribution in [1.29, 1.82) is 0 Å². The summed E-state index contributed by atoms with van der Waals surface area (Å²) in [4.78, 5) is 24.8. The molecule has 7 heteroatoms. The normalized spacial score (nSPS) is 14.6. The molecule has 2 heterocycles. The molecule has 0 spiro atoms. The van der Waals surface area contributed by atoms with Crippen molar-refractivity contribution in [2.75, 3.05) is 5.32 Å². The SMILES string of the molecule is CC(NC(=O)C(=O)Nc1c2c(nn1C(C)(C)C)CSC2)c1ccccc1. The molecule has 2 N–H and O–H groups in total. The molecular weight excluding hydrogens is 348 g/mol. The van der Waals surface area contributed by atoms with E-state index in [1.54, 1.807) is 11.8 Å². The maximum absolute atomic E-state index is 12.5. The molecule has 1 aromatic heterocycles. The minimum Gasteiger partial charge on any atom is -0.341 e. The number of fused-ring (bicyclic) bond motifs is 1. The summed E-state index contributed by atoms with van der Waals surface area (Å²) in [5.41, 5.74) is 2.66. The van der Waals surface area contributed by atoms with Gasteiger partial charge in [0, 0.05) is 17.1 Å². The summed E-state index contributed by atoms with van der Waals surface area (Å²) in [5.74, 6) is 0.937. The van der Waals surface area contributed by atoms with Crippen LogP contribution in [-0.2, 0) is 26.6 Å².